The molecule has 3 aromatic rings. The van der Waals surface area contributed by atoms with Crippen molar-refractivity contribution in [3.63, 3.8) is 0 Å². The minimum Gasteiger partial charge on any atom is -0.494 e. The van der Waals surface area contributed by atoms with Crippen molar-refractivity contribution in [1.29, 1.82) is 0 Å². The van der Waals surface area contributed by atoms with Gasteiger partial charge in [0, 0.05) is 28.8 Å². The van der Waals surface area contributed by atoms with Gasteiger partial charge in [-0.05, 0) is 63.2 Å². The van der Waals surface area contributed by atoms with Crippen LogP contribution in [0.25, 0.3) is 5.69 Å². The number of carbonyl (C=O) groups is 1. The second-order valence-electron chi connectivity index (χ2n) is 6.86. The summed E-state index contributed by atoms with van der Waals surface area (Å²) in [5, 5.41) is 2.96. The molecule has 1 amide bonds. The summed E-state index contributed by atoms with van der Waals surface area (Å²) >= 11 is 0. The van der Waals surface area contributed by atoms with Crippen LogP contribution < -0.4 is 19.5 Å². The fourth-order valence-corrected chi connectivity index (χ4v) is 3.56. The van der Waals surface area contributed by atoms with Gasteiger partial charge in [0.2, 0.25) is 0 Å². The number of aryl methyl sites for hydroxylation is 1. The zero-order chi connectivity index (χ0) is 20.4. The number of fused-ring (bicyclic) bond motifs is 1. The Morgan fingerprint density at radius 3 is 2.48 bits per heavy atom. The number of aromatic nitrogens is 1. The fourth-order valence-electron chi connectivity index (χ4n) is 3.56. The summed E-state index contributed by atoms with van der Waals surface area (Å²) in [4.78, 5) is 12.9. The monoisotopic (exact) mass is 392 g/mol. The molecule has 2 heterocycles. The zero-order valence-corrected chi connectivity index (χ0v) is 16.8. The van der Waals surface area contributed by atoms with Gasteiger partial charge in [-0.2, -0.15) is 0 Å². The van der Waals surface area contributed by atoms with Crippen LogP contribution in [0.1, 0.15) is 28.7 Å². The van der Waals surface area contributed by atoms with E-state index in [-0.39, 0.29) is 5.91 Å². The van der Waals surface area contributed by atoms with Crippen molar-refractivity contribution in [2.24, 2.45) is 0 Å². The molecule has 2 aromatic carbocycles. The molecule has 4 rings (SSSR count). The number of nitrogens with zero attached hydrogens (tertiary/aromatic N) is 1. The Bertz CT molecular complexity index is 1040. The molecule has 0 bridgehead atoms. The lowest BCUT2D eigenvalue weighted by molar-refractivity contribution is 0.102. The van der Waals surface area contributed by atoms with Crippen LogP contribution in [0.15, 0.2) is 48.5 Å². The first kappa shape index (κ1) is 18.9. The molecule has 6 heteroatoms. The van der Waals surface area contributed by atoms with Crippen LogP contribution in [-0.2, 0) is 0 Å². The van der Waals surface area contributed by atoms with Crippen LogP contribution in [0.5, 0.6) is 17.2 Å². The van der Waals surface area contributed by atoms with Crippen molar-refractivity contribution in [1.82, 2.24) is 4.57 Å². The number of amides is 1. The smallest absolute Gasteiger partial charge is 0.257 e. The van der Waals surface area contributed by atoms with Crippen LogP contribution in [0, 0.1) is 13.8 Å². The van der Waals surface area contributed by atoms with Crippen molar-refractivity contribution < 1.29 is 19.0 Å². The number of nitrogens with one attached hydrogen (secondary N) is 1. The van der Waals surface area contributed by atoms with Crippen LogP contribution in [0.2, 0.25) is 0 Å². The van der Waals surface area contributed by atoms with Gasteiger partial charge < -0.3 is 24.1 Å². The lowest BCUT2D eigenvalue weighted by Gasteiger charge is -2.20. The molecule has 0 unspecified atom stereocenters. The highest BCUT2D eigenvalue weighted by Gasteiger charge is 2.19. The van der Waals surface area contributed by atoms with Gasteiger partial charge in [0.1, 0.15) is 19.0 Å². The molecule has 1 aliphatic heterocycles. The minimum absolute atomic E-state index is 0.147. The van der Waals surface area contributed by atoms with E-state index < -0.39 is 0 Å². The molecule has 0 atom stereocenters. The highest BCUT2D eigenvalue weighted by Crippen LogP contribution is 2.33. The standard InChI is InChI=1S/C23H24N2O4/c1-4-27-19-8-5-17(6-9-19)24-23(26)20-13-15(2)25(16(20)3)18-7-10-21-22(14-18)29-12-11-28-21/h5-10,13-14H,4,11-12H2,1-3H3,(H,24,26). The van der Waals surface area contributed by atoms with Crippen molar-refractivity contribution in [3.8, 4) is 22.9 Å². The third-order valence-corrected chi connectivity index (χ3v) is 4.88. The lowest BCUT2D eigenvalue weighted by Crippen LogP contribution is -2.16. The average molecular weight is 392 g/mol. The van der Waals surface area contributed by atoms with E-state index in [1.54, 1.807) is 0 Å². The number of hydrogen-bond acceptors (Lipinski definition) is 4. The number of anilines is 1. The maximum Gasteiger partial charge on any atom is 0.257 e. The predicted molar refractivity (Wildman–Crippen MR) is 112 cm³/mol. The molecule has 0 saturated carbocycles. The molecule has 0 spiro atoms. The molecule has 1 aliphatic rings. The Labute approximate surface area is 170 Å². The van der Waals surface area contributed by atoms with Crippen LogP contribution >= 0.6 is 0 Å². The second kappa shape index (κ2) is 7.91. The largest absolute Gasteiger partial charge is 0.494 e. The average Bonchev–Trinajstić information content (AvgIpc) is 3.03. The maximum absolute atomic E-state index is 12.9. The number of hydrogen-bond donors (Lipinski definition) is 1. The summed E-state index contributed by atoms with van der Waals surface area (Å²) in [7, 11) is 0. The van der Waals surface area contributed by atoms with Crippen molar-refractivity contribution in [3.05, 3.63) is 65.5 Å². The van der Waals surface area contributed by atoms with Gasteiger partial charge in [-0.15, -0.1) is 0 Å². The molecule has 0 aliphatic carbocycles. The number of rotatable bonds is 5. The molecule has 0 radical (unpaired) electrons. The van der Waals surface area contributed by atoms with E-state index in [0.717, 1.165) is 40.0 Å². The molecule has 0 fully saturated rings. The first-order valence-electron chi connectivity index (χ1n) is 9.70. The molecule has 1 N–H and O–H groups in total. The summed E-state index contributed by atoms with van der Waals surface area (Å²) in [6, 6.07) is 15.1. The first-order valence-corrected chi connectivity index (χ1v) is 9.70. The van der Waals surface area contributed by atoms with E-state index in [0.29, 0.717) is 25.4 Å². The molecular weight excluding hydrogens is 368 g/mol. The number of ether oxygens (including phenoxy) is 3. The normalized spacial score (nSPS) is 12.5. The van der Waals surface area contributed by atoms with E-state index in [2.05, 4.69) is 5.32 Å². The predicted octanol–water partition coefficient (Wildman–Crippen LogP) is 4.52. The fraction of sp³-hybridized carbons (Fsp3) is 0.261. The molecule has 150 valence electrons. The van der Waals surface area contributed by atoms with Crippen molar-refractivity contribution in [2.45, 2.75) is 20.8 Å². The van der Waals surface area contributed by atoms with E-state index in [4.69, 9.17) is 14.2 Å². The van der Waals surface area contributed by atoms with Gasteiger partial charge in [-0.25, -0.2) is 0 Å². The highest BCUT2D eigenvalue weighted by molar-refractivity contribution is 6.05. The zero-order valence-electron chi connectivity index (χ0n) is 16.8. The maximum atomic E-state index is 12.9. The summed E-state index contributed by atoms with van der Waals surface area (Å²) in [6.45, 7) is 7.57. The van der Waals surface area contributed by atoms with Gasteiger partial charge in [0.25, 0.3) is 5.91 Å². The molecule has 29 heavy (non-hydrogen) atoms. The number of carbonyl (C=O) groups excluding carboxylic acids is 1. The third kappa shape index (κ3) is 3.78. The number of benzene rings is 2. The van der Waals surface area contributed by atoms with Crippen LogP contribution in [0.3, 0.4) is 0 Å². The Morgan fingerprint density at radius 1 is 1.03 bits per heavy atom. The minimum atomic E-state index is -0.147. The van der Waals surface area contributed by atoms with Crippen LogP contribution in [0.4, 0.5) is 5.69 Å². The quantitative estimate of drug-likeness (QED) is 0.694. The van der Waals surface area contributed by atoms with Crippen molar-refractivity contribution in [2.75, 3.05) is 25.1 Å². The Balaban J connectivity index is 1.59. The molecule has 6 nitrogen and oxygen atoms in total. The topological polar surface area (TPSA) is 61.7 Å². The Kier molecular flexibility index (Phi) is 5.16. The van der Waals surface area contributed by atoms with Gasteiger partial charge in [0.15, 0.2) is 11.5 Å². The van der Waals surface area contributed by atoms with Gasteiger partial charge in [-0.3, -0.25) is 4.79 Å². The van der Waals surface area contributed by atoms with E-state index in [9.17, 15) is 4.79 Å². The summed E-state index contributed by atoms with van der Waals surface area (Å²) in [5.74, 6) is 2.10. The second-order valence-corrected chi connectivity index (χ2v) is 6.86. The van der Waals surface area contributed by atoms with Gasteiger partial charge in [-0.1, -0.05) is 0 Å². The molecule has 0 saturated heterocycles. The molecular formula is C23H24N2O4. The third-order valence-electron chi connectivity index (χ3n) is 4.88. The summed E-state index contributed by atoms with van der Waals surface area (Å²) < 4.78 is 18.8. The Hall–Kier alpha value is -3.41. The summed E-state index contributed by atoms with van der Waals surface area (Å²) in [6.07, 6.45) is 0. The van der Waals surface area contributed by atoms with E-state index in [1.165, 1.54) is 0 Å². The van der Waals surface area contributed by atoms with Crippen LogP contribution in [-0.4, -0.2) is 30.3 Å². The summed E-state index contributed by atoms with van der Waals surface area (Å²) in [5.41, 5.74) is 4.12. The Morgan fingerprint density at radius 2 is 1.76 bits per heavy atom. The van der Waals surface area contributed by atoms with E-state index >= 15 is 0 Å². The van der Waals surface area contributed by atoms with Crippen molar-refractivity contribution >= 4 is 11.6 Å². The highest BCUT2D eigenvalue weighted by atomic mass is 16.6. The lowest BCUT2D eigenvalue weighted by atomic mass is 10.2. The van der Waals surface area contributed by atoms with Gasteiger partial charge >= 0.3 is 0 Å². The first-order chi connectivity index (χ1) is 14.1. The van der Waals surface area contributed by atoms with Gasteiger partial charge in [0.05, 0.1) is 12.2 Å². The molecule has 1 aromatic heterocycles. The van der Waals surface area contributed by atoms with E-state index in [1.807, 2.05) is 73.9 Å². The SMILES string of the molecule is CCOc1ccc(NC(=O)c2cc(C)n(-c3ccc4c(c3)OCCO4)c2C)cc1.